The van der Waals surface area contributed by atoms with Gasteiger partial charge >= 0.3 is 0 Å². The predicted octanol–water partition coefficient (Wildman–Crippen LogP) is 4.02. The molecule has 29 heavy (non-hydrogen) atoms. The van der Waals surface area contributed by atoms with Gasteiger partial charge in [0.1, 0.15) is 11.6 Å². The van der Waals surface area contributed by atoms with Crippen LogP contribution < -0.4 is 5.32 Å². The maximum atomic E-state index is 13.9. The van der Waals surface area contributed by atoms with Crippen LogP contribution in [0.5, 0.6) is 0 Å². The standard InChI is InChI=1S/C21H24F2N2O3S/c1-15(19-14-17(22)9-10-20(19)23)24-21(26)16-7-6-8-18(13-16)29(27,28)25-11-4-2-3-5-12-25/h6-10,13-15H,2-5,11-12H2,1H3,(H,24,26). The molecule has 0 bridgehead atoms. The Bertz CT molecular complexity index is 987. The van der Waals surface area contributed by atoms with Gasteiger partial charge < -0.3 is 5.32 Å². The SMILES string of the molecule is CC(NC(=O)c1cccc(S(=O)(=O)N2CCCCCC2)c1)c1cc(F)ccc1F. The molecule has 0 saturated carbocycles. The molecule has 0 aromatic heterocycles. The largest absolute Gasteiger partial charge is 0.345 e. The molecule has 0 spiro atoms. The molecule has 2 aromatic carbocycles. The van der Waals surface area contributed by atoms with Crippen molar-refractivity contribution in [3.8, 4) is 0 Å². The molecule has 1 N–H and O–H groups in total. The van der Waals surface area contributed by atoms with Crippen LogP contribution in [0.1, 0.15) is 54.6 Å². The smallest absolute Gasteiger partial charge is 0.251 e. The summed E-state index contributed by atoms with van der Waals surface area (Å²) in [7, 11) is -3.69. The molecule has 1 aliphatic heterocycles. The maximum Gasteiger partial charge on any atom is 0.251 e. The minimum atomic E-state index is -3.69. The van der Waals surface area contributed by atoms with Gasteiger partial charge in [-0.3, -0.25) is 4.79 Å². The van der Waals surface area contributed by atoms with Crippen molar-refractivity contribution in [2.75, 3.05) is 13.1 Å². The summed E-state index contributed by atoms with van der Waals surface area (Å²) >= 11 is 0. The molecule has 8 heteroatoms. The average Bonchev–Trinajstić information content (AvgIpc) is 3.00. The monoisotopic (exact) mass is 422 g/mol. The van der Waals surface area contributed by atoms with E-state index in [-0.39, 0.29) is 16.0 Å². The molecular formula is C21H24F2N2O3S. The van der Waals surface area contributed by atoms with Crippen LogP contribution in [0.3, 0.4) is 0 Å². The topological polar surface area (TPSA) is 66.5 Å². The number of amides is 1. The molecule has 1 heterocycles. The highest BCUT2D eigenvalue weighted by molar-refractivity contribution is 7.89. The first-order valence-corrected chi connectivity index (χ1v) is 11.1. The number of benzene rings is 2. The van der Waals surface area contributed by atoms with Crippen LogP contribution in [0.15, 0.2) is 47.4 Å². The highest BCUT2D eigenvalue weighted by atomic mass is 32.2. The number of rotatable bonds is 5. The van der Waals surface area contributed by atoms with E-state index < -0.39 is 33.6 Å². The molecule has 0 aliphatic carbocycles. The molecule has 2 aromatic rings. The zero-order valence-corrected chi connectivity index (χ0v) is 17.0. The van der Waals surface area contributed by atoms with Gasteiger partial charge in [-0.2, -0.15) is 4.31 Å². The first-order chi connectivity index (χ1) is 13.8. The van der Waals surface area contributed by atoms with Gasteiger partial charge in [-0.25, -0.2) is 17.2 Å². The molecule has 156 valence electrons. The number of hydrogen-bond acceptors (Lipinski definition) is 3. The second-order valence-electron chi connectivity index (χ2n) is 7.21. The molecule has 3 rings (SSSR count). The van der Waals surface area contributed by atoms with E-state index in [0.717, 1.165) is 43.9 Å². The van der Waals surface area contributed by atoms with E-state index in [9.17, 15) is 22.0 Å². The highest BCUT2D eigenvalue weighted by Crippen LogP contribution is 2.22. The molecule has 1 atom stereocenters. The number of halogens is 2. The van der Waals surface area contributed by atoms with Crippen LogP contribution in [0.25, 0.3) is 0 Å². The summed E-state index contributed by atoms with van der Waals surface area (Å²) in [5, 5.41) is 2.59. The zero-order valence-electron chi connectivity index (χ0n) is 16.2. The summed E-state index contributed by atoms with van der Waals surface area (Å²) in [6, 6.07) is 8.03. The van der Waals surface area contributed by atoms with Crippen molar-refractivity contribution in [2.45, 2.75) is 43.5 Å². The van der Waals surface area contributed by atoms with Gasteiger partial charge in [0.05, 0.1) is 10.9 Å². The third-order valence-electron chi connectivity index (χ3n) is 5.07. The Morgan fingerprint density at radius 3 is 2.41 bits per heavy atom. The Morgan fingerprint density at radius 1 is 1.03 bits per heavy atom. The summed E-state index contributed by atoms with van der Waals surface area (Å²) in [5.74, 6) is -1.79. The number of carbonyl (C=O) groups excluding carboxylic acids is 1. The molecular weight excluding hydrogens is 398 g/mol. The molecule has 1 aliphatic rings. The molecule has 1 fully saturated rings. The quantitative estimate of drug-likeness (QED) is 0.792. The predicted molar refractivity (Wildman–Crippen MR) is 106 cm³/mol. The van der Waals surface area contributed by atoms with E-state index in [1.165, 1.54) is 35.5 Å². The van der Waals surface area contributed by atoms with Crippen LogP contribution in [-0.2, 0) is 10.0 Å². The van der Waals surface area contributed by atoms with E-state index in [2.05, 4.69) is 5.32 Å². The first-order valence-electron chi connectivity index (χ1n) is 9.65. The van der Waals surface area contributed by atoms with Crippen molar-refractivity contribution in [3.63, 3.8) is 0 Å². The highest BCUT2D eigenvalue weighted by Gasteiger charge is 2.26. The second-order valence-corrected chi connectivity index (χ2v) is 9.15. The van der Waals surface area contributed by atoms with E-state index in [1.807, 2.05) is 0 Å². The van der Waals surface area contributed by atoms with E-state index in [4.69, 9.17) is 0 Å². The van der Waals surface area contributed by atoms with Crippen molar-refractivity contribution < 1.29 is 22.0 Å². The van der Waals surface area contributed by atoms with E-state index >= 15 is 0 Å². The first kappa shape index (κ1) is 21.4. The van der Waals surface area contributed by atoms with Gasteiger partial charge in [0, 0.05) is 24.2 Å². The second kappa shape index (κ2) is 9.00. The van der Waals surface area contributed by atoms with E-state index in [1.54, 1.807) is 0 Å². The molecule has 5 nitrogen and oxygen atoms in total. The minimum Gasteiger partial charge on any atom is -0.345 e. The third-order valence-corrected chi connectivity index (χ3v) is 6.97. The number of sulfonamides is 1. The molecule has 1 saturated heterocycles. The Labute approximate surface area is 169 Å². The summed E-state index contributed by atoms with van der Waals surface area (Å²) < 4.78 is 54.7. The van der Waals surface area contributed by atoms with Crippen molar-refractivity contribution in [1.29, 1.82) is 0 Å². The van der Waals surface area contributed by atoms with E-state index in [0.29, 0.717) is 13.1 Å². The molecule has 1 unspecified atom stereocenters. The number of hydrogen-bond donors (Lipinski definition) is 1. The summed E-state index contributed by atoms with van der Waals surface area (Å²) in [5.41, 5.74) is 0.163. The van der Waals surface area contributed by atoms with Crippen molar-refractivity contribution in [3.05, 3.63) is 65.2 Å². The van der Waals surface area contributed by atoms with Crippen molar-refractivity contribution in [1.82, 2.24) is 9.62 Å². The van der Waals surface area contributed by atoms with Crippen LogP contribution in [0, 0.1) is 11.6 Å². The van der Waals surface area contributed by atoms with Gasteiger partial charge in [0.2, 0.25) is 10.0 Å². The van der Waals surface area contributed by atoms with Gasteiger partial charge in [0.15, 0.2) is 0 Å². The Hall–Kier alpha value is -2.32. The fourth-order valence-electron chi connectivity index (χ4n) is 3.43. The van der Waals surface area contributed by atoms with Gasteiger partial charge in [-0.15, -0.1) is 0 Å². The number of carbonyl (C=O) groups is 1. The Balaban J connectivity index is 1.79. The zero-order chi connectivity index (χ0) is 21.0. The Morgan fingerprint density at radius 2 is 1.72 bits per heavy atom. The fraction of sp³-hybridized carbons (Fsp3) is 0.381. The Kier molecular flexibility index (Phi) is 6.64. The lowest BCUT2D eigenvalue weighted by molar-refractivity contribution is 0.0939. The maximum absolute atomic E-state index is 13.9. The number of nitrogens with zero attached hydrogens (tertiary/aromatic N) is 1. The fourth-order valence-corrected chi connectivity index (χ4v) is 5.00. The third kappa shape index (κ3) is 5.00. The summed E-state index contributed by atoms with van der Waals surface area (Å²) in [6.07, 6.45) is 3.64. The summed E-state index contributed by atoms with van der Waals surface area (Å²) in [6.45, 7) is 2.47. The van der Waals surface area contributed by atoms with Crippen LogP contribution in [-0.4, -0.2) is 31.7 Å². The van der Waals surface area contributed by atoms with Gasteiger partial charge in [-0.1, -0.05) is 18.9 Å². The van der Waals surface area contributed by atoms with Gasteiger partial charge in [0.25, 0.3) is 5.91 Å². The lowest BCUT2D eigenvalue weighted by atomic mass is 10.1. The van der Waals surface area contributed by atoms with Gasteiger partial charge in [-0.05, 0) is 56.2 Å². The lowest BCUT2D eigenvalue weighted by Gasteiger charge is -2.20. The molecule has 1 amide bonds. The minimum absolute atomic E-state index is 0.0201. The van der Waals surface area contributed by atoms with Crippen LogP contribution in [0.2, 0.25) is 0 Å². The number of nitrogens with one attached hydrogen (secondary N) is 1. The van der Waals surface area contributed by atoms with Crippen LogP contribution in [0.4, 0.5) is 8.78 Å². The average molecular weight is 422 g/mol. The van der Waals surface area contributed by atoms with Crippen LogP contribution >= 0.6 is 0 Å². The summed E-state index contributed by atoms with van der Waals surface area (Å²) in [4.78, 5) is 12.7. The van der Waals surface area contributed by atoms with Crippen molar-refractivity contribution in [2.24, 2.45) is 0 Å². The van der Waals surface area contributed by atoms with Crippen molar-refractivity contribution >= 4 is 15.9 Å². The molecule has 0 radical (unpaired) electrons. The lowest BCUT2D eigenvalue weighted by Crippen LogP contribution is -2.32. The normalized spacial score (nSPS) is 16.8.